The first-order chi connectivity index (χ1) is 12.5. The van der Waals surface area contributed by atoms with Gasteiger partial charge in [-0.2, -0.15) is 0 Å². The number of non-ortho nitro benzene ring substituents is 2. The van der Waals surface area contributed by atoms with Crippen molar-refractivity contribution in [3.63, 3.8) is 0 Å². The number of hydrogen-bond donors (Lipinski definition) is 0. The Balaban J connectivity index is 1.64. The van der Waals surface area contributed by atoms with Gasteiger partial charge in [-0.25, -0.2) is 9.97 Å². The maximum absolute atomic E-state index is 10.7. The molecule has 0 unspecified atom stereocenters. The summed E-state index contributed by atoms with van der Waals surface area (Å²) in [6.07, 6.45) is 0. The fourth-order valence-corrected chi connectivity index (χ4v) is 4.39. The monoisotopic (exact) mass is 384 g/mol. The smallest absolute Gasteiger partial charge is 0.258 e. The summed E-state index contributed by atoms with van der Waals surface area (Å²) in [4.78, 5) is 31.2. The molecule has 0 fully saturated rings. The first-order valence-corrected chi connectivity index (χ1v) is 8.91. The Bertz CT molecular complexity index is 1010. The largest absolute Gasteiger partial charge is 0.269 e. The first kappa shape index (κ1) is 16.2. The molecule has 0 N–H and O–H groups in total. The second kappa shape index (κ2) is 6.24. The summed E-state index contributed by atoms with van der Waals surface area (Å²) in [5.41, 5.74) is 1.65. The van der Waals surface area contributed by atoms with E-state index in [-0.39, 0.29) is 11.4 Å². The van der Waals surface area contributed by atoms with E-state index in [2.05, 4.69) is 9.97 Å². The summed E-state index contributed by atoms with van der Waals surface area (Å²) in [5.74, 6) is 0. The Kier molecular flexibility index (Phi) is 3.90. The summed E-state index contributed by atoms with van der Waals surface area (Å²) in [6, 6.07) is 12.4. The summed E-state index contributed by atoms with van der Waals surface area (Å²) in [5, 5.41) is 22.9. The molecule has 128 valence electrons. The Hall–Kier alpha value is -3.24. The van der Waals surface area contributed by atoms with Crippen LogP contribution in [0.1, 0.15) is 0 Å². The van der Waals surface area contributed by atoms with Crippen LogP contribution in [-0.2, 0) is 0 Å². The fraction of sp³-hybridized carbons (Fsp3) is 0. The Morgan fingerprint density at radius 2 is 1.00 bits per heavy atom. The Morgan fingerprint density at radius 3 is 1.31 bits per heavy atom. The van der Waals surface area contributed by atoms with Gasteiger partial charge < -0.3 is 0 Å². The van der Waals surface area contributed by atoms with E-state index in [0.29, 0.717) is 0 Å². The predicted molar refractivity (Wildman–Crippen MR) is 99.5 cm³/mol. The van der Waals surface area contributed by atoms with Crippen LogP contribution in [0.4, 0.5) is 11.4 Å². The highest BCUT2D eigenvalue weighted by molar-refractivity contribution is 7.29. The van der Waals surface area contributed by atoms with Crippen molar-refractivity contribution in [2.45, 2.75) is 0 Å². The third-order valence-electron chi connectivity index (χ3n) is 3.63. The standard InChI is InChI=1S/C16H8N4O4S2/c21-19(22)11-5-1-9(2-6-11)13-17-15-16(25-13)18-14(26-15)10-3-7-12(8-4-10)20(23)24/h1-8H. The molecule has 8 nitrogen and oxygen atoms in total. The number of nitrogens with zero attached hydrogens (tertiary/aromatic N) is 4. The van der Waals surface area contributed by atoms with Gasteiger partial charge in [-0.15, -0.1) is 0 Å². The average molecular weight is 384 g/mol. The van der Waals surface area contributed by atoms with E-state index in [1.807, 2.05) is 0 Å². The molecule has 0 radical (unpaired) electrons. The minimum absolute atomic E-state index is 0.0331. The van der Waals surface area contributed by atoms with Crippen LogP contribution in [0, 0.1) is 20.2 Å². The van der Waals surface area contributed by atoms with Crippen molar-refractivity contribution in [3.8, 4) is 21.1 Å². The lowest BCUT2D eigenvalue weighted by atomic mass is 10.2. The van der Waals surface area contributed by atoms with E-state index < -0.39 is 9.85 Å². The molecule has 26 heavy (non-hydrogen) atoms. The number of nitro benzene ring substituents is 2. The van der Waals surface area contributed by atoms with Gasteiger partial charge in [0.1, 0.15) is 10.0 Å². The van der Waals surface area contributed by atoms with Gasteiger partial charge in [0.15, 0.2) is 9.66 Å². The number of nitro groups is 2. The average Bonchev–Trinajstić information content (AvgIpc) is 3.21. The molecule has 0 amide bonds. The number of aromatic nitrogens is 2. The van der Waals surface area contributed by atoms with Crippen LogP contribution in [0.2, 0.25) is 0 Å². The van der Waals surface area contributed by atoms with Gasteiger partial charge in [0.25, 0.3) is 11.4 Å². The highest BCUT2D eigenvalue weighted by Crippen LogP contribution is 2.37. The molecule has 0 aliphatic rings. The van der Waals surface area contributed by atoms with Gasteiger partial charge in [0, 0.05) is 35.4 Å². The quantitative estimate of drug-likeness (QED) is 0.365. The highest BCUT2D eigenvalue weighted by Gasteiger charge is 2.15. The summed E-state index contributed by atoms with van der Waals surface area (Å²) < 4.78 is 0. The van der Waals surface area contributed by atoms with E-state index in [4.69, 9.17) is 0 Å². The molecule has 0 spiro atoms. The zero-order valence-corrected chi connectivity index (χ0v) is 14.5. The molecular weight excluding hydrogens is 376 g/mol. The van der Waals surface area contributed by atoms with Crippen molar-refractivity contribution in [2.75, 3.05) is 0 Å². The van der Waals surface area contributed by atoms with Crippen molar-refractivity contribution >= 4 is 43.7 Å². The van der Waals surface area contributed by atoms with Crippen LogP contribution in [0.15, 0.2) is 48.5 Å². The van der Waals surface area contributed by atoms with Crippen molar-refractivity contribution < 1.29 is 9.85 Å². The molecule has 0 saturated carbocycles. The van der Waals surface area contributed by atoms with Crippen LogP contribution in [0.3, 0.4) is 0 Å². The molecule has 2 heterocycles. The lowest BCUT2D eigenvalue weighted by Crippen LogP contribution is -1.87. The van der Waals surface area contributed by atoms with E-state index >= 15 is 0 Å². The second-order valence-corrected chi connectivity index (χ2v) is 7.21. The Labute approximate surface area is 153 Å². The number of hydrogen-bond acceptors (Lipinski definition) is 8. The van der Waals surface area contributed by atoms with Crippen molar-refractivity contribution in [1.29, 1.82) is 0 Å². The van der Waals surface area contributed by atoms with Gasteiger partial charge in [0.05, 0.1) is 9.85 Å². The van der Waals surface area contributed by atoms with Gasteiger partial charge >= 0.3 is 0 Å². The van der Waals surface area contributed by atoms with Gasteiger partial charge in [-0.1, -0.05) is 22.7 Å². The molecule has 4 aromatic rings. The third-order valence-corrected chi connectivity index (χ3v) is 5.75. The van der Waals surface area contributed by atoms with E-state index in [1.54, 1.807) is 24.3 Å². The van der Waals surface area contributed by atoms with Crippen LogP contribution < -0.4 is 0 Å². The molecule has 10 heteroatoms. The van der Waals surface area contributed by atoms with Crippen LogP contribution in [0.5, 0.6) is 0 Å². The van der Waals surface area contributed by atoms with Gasteiger partial charge in [0.2, 0.25) is 0 Å². The number of fused-ring (bicyclic) bond motifs is 1. The lowest BCUT2D eigenvalue weighted by Gasteiger charge is -1.96. The third kappa shape index (κ3) is 2.91. The molecule has 0 atom stereocenters. The zero-order chi connectivity index (χ0) is 18.3. The molecule has 2 aromatic heterocycles. The molecule has 0 saturated heterocycles. The maximum atomic E-state index is 10.7. The number of thiazole rings is 2. The molecule has 2 aromatic carbocycles. The zero-order valence-electron chi connectivity index (χ0n) is 12.9. The molecule has 0 bridgehead atoms. The molecule has 0 aliphatic heterocycles. The minimum Gasteiger partial charge on any atom is -0.258 e. The molecule has 0 aliphatic carbocycles. The van der Waals surface area contributed by atoms with Crippen LogP contribution in [0.25, 0.3) is 30.8 Å². The maximum Gasteiger partial charge on any atom is 0.269 e. The van der Waals surface area contributed by atoms with Gasteiger partial charge in [-0.05, 0) is 24.3 Å². The minimum atomic E-state index is -0.442. The van der Waals surface area contributed by atoms with E-state index in [0.717, 1.165) is 30.8 Å². The number of rotatable bonds is 4. The summed E-state index contributed by atoms with van der Waals surface area (Å²) in [7, 11) is 0. The Morgan fingerprint density at radius 1 is 0.654 bits per heavy atom. The topological polar surface area (TPSA) is 112 Å². The number of benzene rings is 2. The first-order valence-electron chi connectivity index (χ1n) is 7.28. The van der Waals surface area contributed by atoms with Crippen molar-refractivity contribution in [2.24, 2.45) is 0 Å². The van der Waals surface area contributed by atoms with E-state index in [1.165, 1.54) is 46.9 Å². The van der Waals surface area contributed by atoms with Crippen molar-refractivity contribution in [3.05, 3.63) is 68.8 Å². The molecular formula is C16H8N4O4S2. The van der Waals surface area contributed by atoms with Crippen LogP contribution >= 0.6 is 22.7 Å². The molecule has 4 rings (SSSR count). The second-order valence-electron chi connectivity index (χ2n) is 5.26. The fourth-order valence-electron chi connectivity index (χ4n) is 2.34. The normalized spacial score (nSPS) is 10.9. The summed E-state index contributed by atoms with van der Waals surface area (Å²) >= 11 is 2.80. The SMILES string of the molecule is O=[N+]([O-])c1ccc(-c2nc3sc(-c4ccc([N+](=O)[O-])cc4)nc3s2)cc1. The van der Waals surface area contributed by atoms with Crippen molar-refractivity contribution in [1.82, 2.24) is 9.97 Å². The van der Waals surface area contributed by atoms with Crippen LogP contribution in [-0.4, -0.2) is 19.8 Å². The van der Waals surface area contributed by atoms with E-state index in [9.17, 15) is 20.2 Å². The van der Waals surface area contributed by atoms with Gasteiger partial charge in [-0.3, -0.25) is 20.2 Å². The summed E-state index contributed by atoms with van der Waals surface area (Å²) in [6.45, 7) is 0. The predicted octanol–water partition coefficient (Wildman–Crippen LogP) is 4.90. The lowest BCUT2D eigenvalue weighted by molar-refractivity contribution is -0.385. The highest BCUT2D eigenvalue weighted by atomic mass is 32.1.